The molecule has 0 bridgehead atoms. The molecule has 0 aliphatic rings. The van der Waals surface area contributed by atoms with Crippen molar-refractivity contribution in [3.05, 3.63) is 0 Å². The molecule has 8 heavy (non-hydrogen) atoms. The van der Waals surface area contributed by atoms with Gasteiger partial charge in [0, 0.05) is 0 Å². The first-order valence-corrected chi connectivity index (χ1v) is 2.02. The van der Waals surface area contributed by atoms with E-state index in [1.165, 1.54) is 0 Å². The van der Waals surface area contributed by atoms with Gasteiger partial charge in [0.05, 0.1) is 0 Å². The van der Waals surface area contributed by atoms with Crippen LogP contribution in [0.4, 0.5) is 8.78 Å². The second kappa shape index (κ2) is 2.17. The Labute approximate surface area is 46.1 Å². The number of hydrogen-bond acceptors (Lipinski definition) is 2. The number of halogens is 2. The van der Waals surface area contributed by atoms with Crippen LogP contribution in [0.2, 0.25) is 0 Å². The molecule has 0 aliphatic carbocycles. The summed E-state index contributed by atoms with van der Waals surface area (Å²) in [6.45, 7) is 0. The molecule has 0 fully saturated rings. The Morgan fingerprint density at radius 3 is 1.88 bits per heavy atom. The highest BCUT2D eigenvalue weighted by Crippen LogP contribution is 2.10. The van der Waals surface area contributed by atoms with Crippen LogP contribution in [0.5, 0.6) is 0 Å². The summed E-state index contributed by atoms with van der Waals surface area (Å²) < 4.78 is 23.7. The van der Waals surface area contributed by atoms with Crippen molar-refractivity contribution in [1.82, 2.24) is 4.90 Å². The number of alkyl halides is 2. The normalized spacial score (nSPS) is 12.1. The average Bonchev–Trinajstić information content (AvgIpc) is 1.67. The third kappa shape index (κ3) is 1.54. The van der Waals surface area contributed by atoms with Gasteiger partial charge in [0.25, 0.3) is 0 Å². The third-order valence-electron chi connectivity index (χ3n) is 0.738. The summed E-state index contributed by atoms with van der Waals surface area (Å²) >= 11 is 0. The molecule has 48 valence electrons. The first-order chi connectivity index (χ1) is 3.50. The van der Waals surface area contributed by atoms with Crippen LogP contribution in [0.1, 0.15) is 0 Å². The fraction of sp³-hybridized carbons (Fsp3) is 0.750. The lowest BCUT2D eigenvalue weighted by Crippen LogP contribution is -2.36. The maximum atomic E-state index is 11.8. The number of carbonyl (C=O) groups excluding carboxylic acids is 1. The van der Waals surface area contributed by atoms with E-state index >= 15 is 0 Å². The van der Waals surface area contributed by atoms with Crippen LogP contribution < -0.4 is 0 Å². The van der Waals surface area contributed by atoms with Crippen molar-refractivity contribution in [2.75, 3.05) is 14.1 Å². The first-order valence-electron chi connectivity index (χ1n) is 2.02. The Bertz CT molecular complexity index is 92.0. The number of likely N-dealkylation sites (N-methyl/N-ethyl adjacent to an activating group) is 1. The van der Waals surface area contributed by atoms with Gasteiger partial charge in [-0.3, -0.25) is 4.79 Å². The topological polar surface area (TPSA) is 20.3 Å². The number of hydrogen-bond donors (Lipinski definition) is 0. The lowest BCUT2D eigenvalue weighted by molar-refractivity contribution is -0.153. The van der Waals surface area contributed by atoms with Crippen LogP contribution in [0.25, 0.3) is 0 Å². The van der Waals surface area contributed by atoms with E-state index in [0.717, 1.165) is 14.1 Å². The van der Waals surface area contributed by atoms with E-state index in [4.69, 9.17) is 0 Å². The second-order valence-corrected chi connectivity index (χ2v) is 1.60. The van der Waals surface area contributed by atoms with E-state index < -0.39 is 12.3 Å². The SMILES string of the molecule is CN(C)C(F)(F)C=O. The molecule has 0 N–H and O–H groups in total. The molecule has 0 atom stereocenters. The van der Waals surface area contributed by atoms with Gasteiger partial charge in [0.15, 0.2) is 0 Å². The van der Waals surface area contributed by atoms with Crippen molar-refractivity contribution in [2.45, 2.75) is 6.05 Å². The molecular formula is C4H7F2NO. The van der Waals surface area contributed by atoms with E-state index in [1.54, 1.807) is 0 Å². The zero-order valence-electron chi connectivity index (χ0n) is 4.69. The highest BCUT2D eigenvalue weighted by molar-refractivity contribution is 5.58. The molecule has 2 nitrogen and oxygen atoms in total. The van der Waals surface area contributed by atoms with E-state index in [0.29, 0.717) is 4.90 Å². The van der Waals surface area contributed by atoms with Gasteiger partial charge in [-0.05, 0) is 14.1 Å². The molecular weight excluding hydrogens is 116 g/mol. The second-order valence-electron chi connectivity index (χ2n) is 1.60. The predicted octanol–water partition coefficient (Wildman–Crippen LogP) is 0.340. The van der Waals surface area contributed by atoms with Gasteiger partial charge in [-0.1, -0.05) is 0 Å². The Morgan fingerprint density at radius 1 is 1.50 bits per heavy atom. The van der Waals surface area contributed by atoms with Crippen molar-refractivity contribution in [1.29, 1.82) is 0 Å². The van der Waals surface area contributed by atoms with Crippen LogP contribution in [0.3, 0.4) is 0 Å². The van der Waals surface area contributed by atoms with E-state index in [-0.39, 0.29) is 0 Å². The number of carbonyl (C=O) groups is 1. The van der Waals surface area contributed by atoms with E-state index in [2.05, 4.69) is 0 Å². The van der Waals surface area contributed by atoms with Crippen LogP contribution >= 0.6 is 0 Å². The van der Waals surface area contributed by atoms with Gasteiger partial charge in [-0.25, -0.2) is 4.90 Å². The zero-order chi connectivity index (χ0) is 6.78. The predicted molar refractivity (Wildman–Crippen MR) is 24.7 cm³/mol. The summed E-state index contributed by atoms with van der Waals surface area (Å²) in [5.74, 6) is 0. The van der Waals surface area contributed by atoms with Crippen LogP contribution in [-0.4, -0.2) is 31.3 Å². The van der Waals surface area contributed by atoms with Gasteiger partial charge in [-0.2, -0.15) is 8.78 Å². The largest absolute Gasteiger partial charge is 0.360 e. The highest BCUT2D eigenvalue weighted by Gasteiger charge is 2.30. The van der Waals surface area contributed by atoms with Gasteiger partial charge in [-0.15, -0.1) is 0 Å². The van der Waals surface area contributed by atoms with Crippen LogP contribution in [-0.2, 0) is 4.79 Å². The molecule has 0 aromatic rings. The standard InChI is InChI=1S/C4H7F2NO/c1-7(2)4(5,6)3-8/h3H,1-2H3. The molecule has 0 rings (SSSR count). The fourth-order valence-corrected chi connectivity index (χ4v) is 0.105. The maximum absolute atomic E-state index is 11.8. The van der Waals surface area contributed by atoms with Crippen LogP contribution in [0, 0.1) is 0 Å². The van der Waals surface area contributed by atoms with Crippen molar-refractivity contribution in [3.8, 4) is 0 Å². The van der Waals surface area contributed by atoms with Crippen molar-refractivity contribution < 1.29 is 13.6 Å². The van der Waals surface area contributed by atoms with Gasteiger partial charge < -0.3 is 0 Å². The first kappa shape index (κ1) is 7.49. The lowest BCUT2D eigenvalue weighted by Gasteiger charge is -2.15. The Kier molecular flexibility index (Phi) is 2.03. The third-order valence-corrected chi connectivity index (χ3v) is 0.738. The minimum atomic E-state index is -3.31. The molecule has 0 aromatic heterocycles. The Balaban J connectivity index is 3.90. The van der Waals surface area contributed by atoms with E-state index in [9.17, 15) is 13.6 Å². The molecule has 0 amide bonds. The molecule has 0 heterocycles. The zero-order valence-corrected chi connectivity index (χ0v) is 4.69. The molecule has 4 heteroatoms. The minimum Gasteiger partial charge on any atom is -0.295 e. The summed E-state index contributed by atoms with van der Waals surface area (Å²) in [4.78, 5) is 10.0. The molecule has 0 saturated carbocycles. The van der Waals surface area contributed by atoms with E-state index in [1.807, 2.05) is 0 Å². The van der Waals surface area contributed by atoms with Gasteiger partial charge in [0.1, 0.15) is 0 Å². The van der Waals surface area contributed by atoms with Crippen molar-refractivity contribution in [2.24, 2.45) is 0 Å². The average molecular weight is 123 g/mol. The van der Waals surface area contributed by atoms with Crippen LogP contribution in [0.15, 0.2) is 0 Å². The number of aldehydes is 1. The van der Waals surface area contributed by atoms with Crippen molar-refractivity contribution >= 4 is 6.29 Å². The minimum absolute atomic E-state index is 0.396. The summed E-state index contributed by atoms with van der Waals surface area (Å²) in [6, 6.07) is -3.31. The van der Waals surface area contributed by atoms with Crippen molar-refractivity contribution in [3.63, 3.8) is 0 Å². The summed E-state index contributed by atoms with van der Waals surface area (Å²) in [6.07, 6.45) is -0.396. The molecule has 0 spiro atoms. The maximum Gasteiger partial charge on any atom is 0.360 e. The van der Waals surface area contributed by atoms with Gasteiger partial charge >= 0.3 is 6.05 Å². The molecule has 0 aromatic carbocycles. The molecule has 0 aliphatic heterocycles. The smallest absolute Gasteiger partial charge is 0.295 e. The van der Waals surface area contributed by atoms with Gasteiger partial charge in [0.2, 0.25) is 6.29 Å². The number of rotatable bonds is 2. The lowest BCUT2D eigenvalue weighted by atomic mass is 10.6. The Morgan fingerprint density at radius 2 is 1.88 bits per heavy atom. The summed E-state index contributed by atoms with van der Waals surface area (Å²) in [5.41, 5.74) is 0. The molecule has 0 saturated heterocycles. The highest BCUT2D eigenvalue weighted by atomic mass is 19.3. The molecule has 0 radical (unpaired) electrons. The quantitative estimate of drug-likeness (QED) is 0.390. The monoisotopic (exact) mass is 123 g/mol. The fourth-order valence-electron chi connectivity index (χ4n) is 0.105. The number of nitrogens with zero attached hydrogens (tertiary/aromatic N) is 1. The molecule has 0 unspecified atom stereocenters. The summed E-state index contributed by atoms with van der Waals surface area (Å²) in [7, 11) is 2.27. The summed E-state index contributed by atoms with van der Waals surface area (Å²) in [5, 5.41) is 0. The Hall–Kier alpha value is -0.510.